The normalized spacial score (nSPS) is 18.6. The summed E-state index contributed by atoms with van der Waals surface area (Å²) in [4.78, 5) is 2.42. The molecule has 0 amide bonds. The number of nitrogens with zero attached hydrogens (tertiary/aromatic N) is 1. The molecule has 2 rings (SSSR count). The largest absolute Gasteiger partial charge is 0.496 e. The third-order valence-electron chi connectivity index (χ3n) is 4.92. The van der Waals surface area contributed by atoms with E-state index < -0.39 is 0 Å². The highest BCUT2D eigenvalue weighted by atomic mass is 16.5. The predicted octanol–water partition coefficient (Wildman–Crippen LogP) is 2.96. The van der Waals surface area contributed by atoms with Crippen molar-refractivity contribution < 1.29 is 9.84 Å². The van der Waals surface area contributed by atoms with Crippen molar-refractivity contribution in [3.63, 3.8) is 0 Å². The molecule has 0 saturated heterocycles. The maximum atomic E-state index is 9.63. The Morgan fingerprint density at radius 3 is 2.57 bits per heavy atom. The van der Waals surface area contributed by atoms with Gasteiger partial charge in [0.1, 0.15) is 5.75 Å². The Hall–Kier alpha value is -1.10. The molecule has 130 valence electrons. The summed E-state index contributed by atoms with van der Waals surface area (Å²) in [6.45, 7) is 13.3. The van der Waals surface area contributed by atoms with Crippen molar-refractivity contribution in [3.05, 3.63) is 28.3 Å². The van der Waals surface area contributed by atoms with E-state index in [1.165, 1.54) is 22.3 Å². The van der Waals surface area contributed by atoms with Crippen LogP contribution in [-0.4, -0.2) is 36.8 Å². The maximum absolute atomic E-state index is 9.63. The molecule has 1 atom stereocenters. The van der Waals surface area contributed by atoms with Crippen LogP contribution in [0.2, 0.25) is 0 Å². The van der Waals surface area contributed by atoms with E-state index in [1.54, 1.807) is 7.11 Å². The number of nitrogens with two attached hydrogens (primary N) is 1. The molecule has 0 aromatic heterocycles. The van der Waals surface area contributed by atoms with Crippen molar-refractivity contribution in [2.24, 2.45) is 11.1 Å². The molecule has 3 N–H and O–H groups in total. The van der Waals surface area contributed by atoms with Crippen molar-refractivity contribution in [2.45, 2.75) is 53.1 Å². The molecule has 1 heterocycles. The minimum absolute atomic E-state index is 0.133. The van der Waals surface area contributed by atoms with Crippen LogP contribution in [0.15, 0.2) is 6.07 Å². The van der Waals surface area contributed by atoms with Crippen LogP contribution >= 0.6 is 0 Å². The fraction of sp³-hybridized carbons (Fsp3) is 0.684. The fourth-order valence-electron chi connectivity index (χ4n) is 3.75. The molecule has 0 bridgehead atoms. The number of hydrogen-bond acceptors (Lipinski definition) is 4. The molecule has 0 radical (unpaired) electrons. The Kier molecular flexibility index (Phi) is 5.39. The number of aliphatic hydroxyl groups is 1. The van der Waals surface area contributed by atoms with Gasteiger partial charge in [-0.15, -0.1) is 0 Å². The van der Waals surface area contributed by atoms with Crippen LogP contribution in [-0.2, 0) is 6.54 Å². The van der Waals surface area contributed by atoms with E-state index in [9.17, 15) is 5.11 Å². The quantitative estimate of drug-likeness (QED) is 0.846. The second-order valence-corrected chi connectivity index (χ2v) is 7.84. The summed E-state index contributed by atoms with van der Waals surface area (Å²) in [6.07, 6.45) is 0. The molecule has 0 spiro atoms. The minimum atomic E-state index is -0.133. The summed E-state index contributed by atoms with van der Waals surface area (Å²) in [5.41, 5.74) is 11.3. The number of methoxy groups -OCH3 is 1. The summed E-state index contributed by atoms with van der Waals surface area (Å²) in [6, 6.07) is 2.35. The van der Waals surface area contributed by atoms with Gasteiger partial charge in [-0.3, -0.25) is 4.90 Å². The van der Waals surface area contributed by atoms with Crippen molar-refractivity contribution >= 4 is 0 Å². The van der Waals surface area contributed by atoms with E-state index in [0.29, 0.717) is 12.5 Å². The molecule has 1 aliphatic heterocycles. The number of fused-ring (bicyclic) bond motifs is 1. The third-order valence-corrected chi connectivity index (χ3v) is 4.92. The van der Waals surface area contributed by atoms with Gasteiger partial charge >= 0.3 is 0 Å². The van der Waals surface area contributed by atoms with Gasteiger partial charge in [-0.05, 0) is 35.6 Å². The third kappa shape index (κ3) is 3.39. The zero-order valence-electron chi connectivity index (χ0n) is 15.4. The topological polar surface area (TPSA) is 58.7 Å². The molecule has 0 fully saturated rings. The van der Waals surface area contributed by atoms with Crippen LogP contribution in [0, 0.1) is 12.3 Å². The molecule has 4 heteroatoms. The molecule has 0 saturated carbocycles. The Labute approximate surface area is 140 Å². The molecule has 4 nitrogen and oxygen atoms in total. The number of benzene rings is 1. The van der Waals surface area contributed by atoms with Gasteiger partial charge in [-0.25, -0.2) is 0 Å². The summed E-state index contributed by atoms with van der Waals surface area (Å²) in [7, 11) is 1.74. The lowest BCUT2D eigenvalue weighted by atomic mass is 9.87. The van der Waals surface area contributed by atoms with Gasteiger partial charge in [0.05, 0.1) is 7.11 Å². The van der Waals surface area contributed by atoms with Crippen LogP contribution in [0.25, 0.3) is 0 Å². The molecular formula is C19H32N2O2. The van der Waals surface area contributed by atoms with Gasteiger partial charge in [-0.2, -0.15) is 0 Å². The summed E-state index contributed by atoms with van der Waals surface area (Å²) in [5.74, 6) is 1.36. The number of rotatable bonds is 6. The summed E-state index contributed by atoms with van der Waals surface area (Å²) >= 11 is 0. The number of ether oxygens (including phenoxy) is 1. The van der Waals surface area contributed by atoms with Crippen LogP contribution < -0.4 is 10.5 Å². The first-order valence-electron chi connectivity index (χ1n) is 8.51. The highest BCUT2D eigenvalue weighted by molar-refractivity contribution is 5.54. The fourth-order valence-corrected chi connectivity index (χ4v) is 3.75. The van der Waals surface area contributed by atoms with Crippen molar-refractivity contribution in [1.82, 2.24) is 4.90 Å². The van der Waals surface area contributed by atoms with Gasteiger partial charge in [0.25, 0.3) is 0 Å². The average Bonchev–Trinajstić information content (AvgIpc) is 2.84. The van der Waals surface area contributed by atoms with Gasteiger partial charge < -0.3 is 15.6 Å². The second kappa shape index (κ2) is 6.80. The highest BCUT2D eigenvalue weighted by Crippen LogP contribution is 2.45. The molecule has 1 aromatic rings. The number of hydrogen-bond donors (Lipinski definition) is 2. The molecule has 1 aliphatic rings. The lowest BCUT2D eigenvalue weighted by Gasteiger charge is -2.33. The smallest absolute Gasteiger partial charge is 0.122 e. The van der Waals surface area contributed by atoms with Gasteiger partial charge in [0, 0.05) is 43.3 Å². The molecule has 1 aromatic carbocycles. The zero-order valence-corrected chi connectivity index (χ0v) is 15.4. The monoisotopic (exact) mass is 320 g/mol. The van der Waals surface area contributed by atoms with Crippen LogP contribution in [0.5, 0.6) is 5.75 Å². The Morgan fingerprint density at radius 2 is 2.09 bits per heavy atom. The van der Waals surface area contributed by atoms with Crippen LogP contribution in [0.3, 0.4) is 0 Å². The standard InChI is InChI=1S/C19H32N2O2/c1-12(2)17-16(23-6)7-13(3)14-9-21(10-19(4,5)11-22)15(8-20)18(14)17/h7,12,15,22H,8-11,20H2,1-6H3. The first kappa shape index (κ1) is 18.2. The Balaban J connectivity index is 2.52. The van der Waals surface area contributed by atoms with Crippen LogP contribution in [0.4, 0.5) is 0 Å². The summed E-state index contributed by atoms with van der Waals surface area (Å²) in [5, 5.41) is 9.63. The maximum Gasteiger partial charge on any atom is 0.122 e. The van der Waals surface area contributed by atoms with Gasteiger partial charge in [-0.1, -0.05) is 27.7 Å². The predicted molar refractivity (Wildman–Crippen MR) is 94.9 cm³/mol. The highest BCUT2D eigenvalue weighted by Gasteiger charge is 2.37. The number of aliphatic hydroxyl groups excluding tert-OH is 1. The SMILES string of the molecule is COc1cc(C)c2c(c1C(C)C)C(CN)N(CC(C)(C)CO)C2. The lowest BCUT2D eigenvalue weighted by molar-refractivity contribution is 0.0843. The van der Waals surface area contributed by atoms with Gasteiger partial charge in [0.2, 0.25) is 0 Å². The molecular weight excluding hydrogens is 288 g/mol. The lowest BCUT2D eigenvalue weighted by Crippen LogP contribution is -2.38. The van der Waals surface area contributed by atoms with E-state index in [1.807, 2.05) is 0 Å². The van der Waals surface area contributed by atoms with E-state index in [0.717, 1.165) is 18.8 Å². The molecule has 0 aliphatic carbocycles. The second-order valence-electron chi connectivity index (χ2n) is 7.84. The number of aryl methyl sites for hydroxylation is 1. The first-order chi connectivity index (χ1) is 10.8. The molecule has 1 unspecified atom stereocenters. The van der Waals surface area contributed by atoms with E-state index >= 15 is 0 Å². The van der Waals surface area contributed by atoms with E-state index in [-0.39, 0.29) is 18.1 Å². The average molecular weight is 320 g/mol. The Bertz CT molecular complexity index is 567. The summed E-state index contributed by atoms with van der Waals surface area (Å²) < 4.78 is 5.66. The zero-order chi connectivity index (χ0) is 17.4. The van der Waals surface area contributed by atoms with Crippen molar-refractivity contribution in [3.8, 4) is 5.75 Å². The molecule has 23 heavy (non-hydrogen) atoms. The van der Waals surface area contributed by atoms with E-state index in [4.69, 9.17) is 10.5 Å². The van der Waals surface area contributed by atoms with Crippen molar-refractivity contribution in [1.29, 1.82) is 0 Å². The van der Waals surface area contributed by atoms with Crippen molar-refractivity contribution in [2.75, 3.05) is 26.8 Å². The first-order valence-corrected chi connectivity index (χ1v) is 8.51. The minimum Gasteiger partial charge on any atom is -0.496 e. The van der Waals surface area contributed by atoms with Crippen LogP contribution in [0.1, 0.15) is 61.9 Å². The van der Waals surface area contributed by atoms with Gasteiger partial charge in [0.15, 0.2) is 0 Å². The Morgan fingerprint density at radius 1 is 1.43 bits per heavy atom. The van der Waals surface area contributed by atoms with E-state index in [2.05, 4.69) is 45.6 Å².